The zero-order valence-electron chi connectivity index (χ0n) is 13.5. The Morgan fingerprint density at radius 3 is 2.92 bits per heavy atom. The van der Waals surface area contributed by atoms with Crippen LogP contribution < -0.4 is 11.0 Å². The highest BCUT2D eigenvalue weighted by Gasteiger charge is 2.19. The third-order valence-corrected chi connectivity index (χ3v) is 5.36. The van der Waals surface area contributed by atoms with Crippen molar-refractivity contribution in [2.24, 2.45) is 0 Å². The van der Waals surface area contributed by atoms with Crippen LogP contribution in [0.4, 0.5) is 5.69 Å². The third kappa shape index (κ3) is 3.41. The summed E-state index contributed by atoms with van der Waals surface area (Å²) in [4.78, 5) is 29.9. The van der Waals surface area contributed by atoms with Gasteiger partial charge in [-0.3, -0.25) is 4.79 Å². The van der Waals surface area contributed by atoms with Crippen molar-refractivity contribution in [3.63, 3.8) is 0 Å². The molecule has 0 aliphatic heterocycles. The van der Waals surface area contributed by atoms with Gasteiger partial charge in [0.15, 0.2) is 0 Å². The Balaban J connectivity index is 1.43. The quantitative estimate of drug-likeness (QED) is 0.453. The van der Waals surface area contributed by atoms with Gasteiger partial charge in [-0.05, 0) is 36.6 Å². The predicted octanol–water partition coefficient (Wildman–Crippen LogP) is 3.09. The van der Waals surface area contributed by atoms with Crippen LogP contribution in [-0.4, -0.2) is 31.3 Å². The van der Waals surface area contributed by atoms with Gasteiger partial charge >= 0.3 is 5.69 Å². The Bertz CT molecular complexity index is 1110. The van der Waals surface area contributed by atoms with Crippen LogP contribution in [0.3, 0.4) is 0 Å². The summed E-state index contributed by atoms with van der Waals surface area (Å²) in [5.41, 5.74) is 1.62. The van der Waals surface area contributed by atoms with E-state index in [1.54, 1.807) is 25.1 Å². The van der Waals surface area contributed by atoms with E-state index in [1.165, 1.54) is 23.1 Å². The lowest BCUT2D eigenvalue weighted by molar-refractivity contribution is -0.115. The maximum Gasteiger partial charge on any atom is 0.323 e. The minimum absolute atomic E-state index is 0.205. The minimum atomic E-state index is -0.437. The van der Waals surface area contributed by atoms with E-state index in [1.807, 2.05) is 17.5 Å². The molecule has 8 nitrogen and oxygen atoms in total. The van der Waals surface area contributed by atoms with Crippen LogP contribution in [0, 0.1) is 0 Å². The minimum Gasteiger partial charge on any atom is -0.410 e. The number of H-pyrrole nitrogens is 2. The Morgan fingerprint density at radius 2 is 2.12 bits per heavy atom. The monoisotopic (exact) mass is 387 g/mol. The largest absolute Gasteiger partial charge is 0.410 e. The van der Waals surface area contributed by atoms with Crippen molar-refractivity contribution in [3.05, 3.63) is 46.2 Å². The summed E-state index contributed by atoms with van der Waals surface area (Å²) in [7, 11) is 0. The maximum absolute atomic E-state index is 12.4. The maximum atomic E-state index is 12.4. The van der Waals surface area contributed by atoms with Gasteiger partial charge in [-0.15, -0.1) is 21.5 Å². The van der Waals surface area contributed by atoms with Gasteiger partial charge in [0.05, 0.1) is 21.2 Å². The molecular formula is C16H13N5O3S2. The number of nitrogens with one attached hydrogen (secondary N) is 3. The molecule has 0 fully saturated rings. The molecule has 4 aromatic rings. The third-order valence-electron chi connectivity index (χ3n) is 3.57. The second-order valence-electron chi connectivity index (χ2n) is 5.44. The Kier molecular flexibility index (Phi) is 4.35. The normalized spacial score (nSPS) is 12.3. The second kappa shape index (κ2) is 6.81. The molecule has 0 aliphatic rings. The highest BCUT2D eigenvalue weighted by Crippen LogP contribution is 2.29. The fourth-order valence-electron chi connectivity index (χ4n) is 2.32. The number of carbonyl (C=O) groups is 1. The summed E-state index contributed by atoms with van der Waals surface area (Å²) in [5.74, 6) is 0.236. The van der Waals surface area contributed by atoms with Gasteiger partial charge in [-0.25, -0.2) is 4.79 Å². The molecule has 3 N–H and O–H groups in total. The molecule has 1 atom stereocenters. The molecular weight excluding hydrogens is 374 g/mol. The van der Waals surface area contributed by atoms with Gasteiger partial charge in [0.25, 0.3) is 11.1 Å². The van der Waals surface area contributed by atoms with E-state index in [4.69, 9.17) is 4.42 Å². The molecule has 0 radical (unpaired) electrons. The fourth-order valence-corrected chi connectivity index (χ4v) is 3.64. The van der Waals surface area contributed by atoms with Crippen LogP contribution in [0.25, 0.3) is 21.8 Å². The van der Waals surface area contributed by atoms with Crippen molar-refractivity contribution >= 4 is 45.7 Å². The average molecular weight is 387 g/mol. The van der Waals surface area contributed by atoms with Crippen LogP contribution >= 0.6 is 23.1 Å². The summed E-state index contributed by atoms with van der Waals surface area (Å²) in [6, 6.07) is 8.95. The first-order valence-corrected chi connectivity index (χ1v) is 9.41. The van der Waals surface area contributed by atoms with E-state index in [9.17, 15) is 9.59 Å². The standard InChI is InChI=1S/C16H13N5O3S2/c1-8(26-16-21-20-14(24-16)12-3-2-6-25-12)13(22)17-9-4-5-10-11(7-9)19-15(23)18-10/h2-8H,1H3,(H,17,22)(H2,18,19,23). The van der Waals surface area contributed by atoms with Gasteiger partial charge in [-0.2, -0.15) is 0 Å². The number of nitrogens with zero attached hydrogens (tertiary/aromatic N) is 2. The number of benzene rings is 1. The number of thioether (sulfide) groups is 1. The SMILES string of the molecule is CC(Sc1nnc(-c2cccs2)o1)C(=O)Nc1ccc2[nH]c(=O)[nH]c2c1. The molecule has 10 heteroatoms. The van der Waals surface area contributed by atoms with Crippen LogP contribution in [-0.2, 0) is 4.79 Å². The van der Waals surface area contributed by atoms with Crippen molar-refractivity contribution in [3.8, 4) is 10.8 Å². The Morgan fingerprint density at radius 1 is 1.27 bits per heavy atom. The van der Waals surface area contributed by atoms with Gasteiger partial charge in [0.2, 0.25) is 5.91 Å². The molecule has 0 saturated carbocycles. The molecule has 1 amide bonds. The van der Waals surface area contributed by atoms with Crippen molar-refractivity contribution in [1.29, 1.82) is 0 Å². The van der Waals surface area contributed by atoms with Crippen molar-refractivity contribution in [2.45, 2.75) is 17.4 Å². The molecule has 0 saturated heterocycles. The number of hydrogen-bond acceptors (Lipinski definition) is 7. The molecule has 3 heterocycles. The first-order valence-electron chi connectivity index (χ1n) is 7.65. The number of amides is 1. The molecule has 132 valence electrons. The number of rotatable bonds is 5. The highest BCUT2D eigenvalue weighted by molar-refractivity contribution is 8.00. The predicted molar refractivity (Wildman–Crippen MR) is 100 cm³/mol. The Labute approximate surface area is 155 Å². The number of fused-ring (bicyclic) bond motifs is 1. The van der Waals surface area contributed by atoms with E-state index >= 15 is 0 Å². The lowest BCUT2D eigenvalue weighted by Gasteiger charge is -2.09. The van der Waals surface area contributed by atoms with Crippen molar-refractivity contribution in [2.75, 3.05) is 5.32 Å². The van der Waals surface area contributed by atoms with Gasteiger partial charge < -0.3 is 19.7 Å². The molecule has 0 aliphatic carbocycles. The molecule has 1 aromatic carbocycles. The fraction of sp³-hybridized carbons (Fsp3) is 0.125. The van der Waals surface area contributed by atoms with E-state index in [0.717, 1.165) is 4.88 Å². The van der Waals surface area contributed by atoms with Gasteiger partial charge in [-0.1, -0.05) is 17.8 Å². The molecule has 0 bridgehead atoms. The second-order valence-corrected chi connectivity index (χ2v) is 7.68. The number of anilines is 1. The van der Waals surface area contributed by atoms with Gasteiger partial charge in [0.1, 0.15) is 0 Å². The zero-order chi connectivity index (χ0) is 18.1. The summed E-state index contributed by atoms with van der Waals surface area (Å²) < 4.78 is 5.59. The van der Waals surface area contributed by atoms with E-state index < -0.39 is 5.25 Å². The van der Waals surface area contributed by atoms with Crippen molar-refractivity contribution in [1.82, 2.24) is 20.2 Å². The molecule has 1 unspecified atom stereocenters. The zero-order valence-corrected chi connectivity index (χ0v) is 15.1. The first kappa shape index (κ1) is 16.6. The highest BCUT2D eigenvalue weighted by atomic mass is 32.2. The number of carbonyl (C=O) groups excluding carboxylic acids is 1. The summed E-state index contributed by atoms with van der Waals surface area (Å²) in [5, 5.41) is 12.6. The first-order chi connectivity index (χ1) is 12.6. The van der Waals surface area contributed by atoms with Crippen LogP contribution in [0.2, 0.25) is 0 Å². The number of aromatic nitrogens is 4. The number of hydrogen-bond donors (Lipinski definition) is 3. The van der Waals surface area contributed by atoms with E-state index in [2.05, 4.69) is 25.5 Å². The number of aromatic amines is 2. The lowest BCUT2D eigenvalue weighted by atomic mass is 10.2. The molecule has 0 spiro atoms. The lowest BCUT2D eigenvalue weighted by Crippen LogP contribution is -2.22. The summed E-state index contributed by atoms with van der Waals surface area (Å²) in [6.07, 6.45) is 0. The van der Waals surface area contributed by atoms with E-state index in [0.29, 0.717) is 27.8 Å². The Hall–Kier alpha value is -2.85. The molecule has 4 rings (SSSR count). The van der Waals surface area contributed by atoms with Crippen molar-refractivity contribution < 1.29 is 9.21 Å². The molecule has 3 aromatic heterocycles. The van der Waals surface area contributed by atoms with Crippen LogP contribution in [0.15, 0.2) is 50.1 Å². The summed E-state index contributed by atoms with van der Waals surface area (Å²) >= 11 is 2.69. The van der Waals surface area contributed by atoms with E-state index in [-0.39, 0.29) is 11.6 Å². The topological polar surface area (TPSA) is 117 Å². The smallest absolute Gasteiger partial charge is 0.323 e. The average Bonchev–Trinajstić information content (AvgIpc) is 3.33. The van der Waals surface area contributed by atoms with Gasteiger partial charge in [0, 0.05) is 5.69 Å². The summed E-state index contributed by atoms with van der Waals surface area (Å²) in [6.45, 7) is 1.76. The van der Waals surface area contributed by atoms with Crippen LogP contribution in [0.5, 0.6) is 0 Å². The number of thiophene rings is 1. The molecule has 26 heavy (non-hydrogen) atoms. The van der Waals surface area contributed by atoms with Crippen LogP contribution in [0.1, 0.15) is 6.92 Å². The number of imidazole rings is 1.